The predicted molar refractivity (Wildman–Crippen MR) is 66.8 cm³/mol. The Morgan fingerprint density at radius 3 is 2.12 bits per heavy atom. The molecule has 2 aromatic carbocycles. The van der Waals surface area contributed by atoms with E-state index in [0.717, 1.165) is 0 Å². The maximum absolute atomic E-state index is 11.1. The molecular formula is C13H13NO3. The Kier molecular flexibility index (Phi) is 2.71. The molecule has 4 heteroatoms. The molecule has 0 atom stereocenters. The maximum atomic E-state index is 11.1. The molecule has 0 aliphatic carbocycles. The maximum Gasteiger partial charge on any atom is 0.271 e. The quantitative estimate of drug-likeness (QED) is 0.791. The number of nitrogens with one attached hydrogen (secondary N) is 1. The molecule has 0 radical (unpaired) electrons. The highest BCUT2D eigenvalue weighted by molar-refractivity contribution is 5.69. The van der Waals surface area contributed by atoms with E-state index < -0.39 is 16.6 Å². The Morgan fingerprint density at radius 2 is 1.65 bits per heavy atom. The number of benzene rings is 1. The van der Waals surface area contributed by atoms with Crippen molar-refractivity contribution in [1.82, 2.24) is 0 Å². The smallest absolute Gasteiger partial charge is 0.271 e. The first kappa shape index (κ1) is 11.4. The molecule has 0 spiro atoms. The highest BCUT2D eigenvalue weighted by Crippen LogP contribution is 2.23. The van der Waals surface area contributed by atoms with Crippen molar-refractivity contribution in [3.05, 3.63) is 50.3 Å². The predicted octanol–water partition coefficient (Wildman–Crippen LogP) is 1.86. The summed E-state index contributed by atoms with van der Waals surface area (Å²) in [7, 11) is 0. The topological polar surface area (TPSA) is 66.4 Å². The van der Waals surface area contributed by atoms with Crippen molar-refractivity contribution in [1.29, 1.82) is 0 Å². The third-order valence-electron chi connectivity index (χ3n) is 2.73. The van der Waals surface area contributed by atoms with Gasteiger partial charge in [-0.25, -0.2) is 0 Å². The van der Waals surface area contributed by atoms with Gasteiger partial charge in [0.15, 0.2) is 5.75 Å². The van der Waals surface area contributed by atoms with Gasteiger partial charge in [-0.1, -0.05) is 26.0 Å². The minimum Gasteiger partial charge on any atom is -0.502 e. The summed E-state index contributed by atoms with van der Waals surface area (Å²) in [5, 5.41) is 11.9. The molecular weight excluding hydrogens is 218 g/mol. The summed E-state index contributed by atoms with van der Waals surface area (Å²) in [4.78, 5) is 21.9. The fourth-order valence-electron chi connectivity index (χ4n) is 1.59. The van der Waals surface area contributed by atoms with Crippen LogP contribution in [-0.4, -0.2) is 5.11 Å². The van der Waals surface area contributed by atoms with Crippen LogP contribution in [-0.2, 0) is 0 Å². The van der Waals surface area contributed by atoms with Crippen molar-refractivity contribution in [3.8, 4) is 5.75 Å². The summed E-state index contributed by atoms with van der Waals surface area (Å²) in [5.41, 5.74) is 0.343. The second kappa shape index (κ2) is 4.05. The largest absolute Gasteiger partial charge is 0.502 e. The average molecular weight is 231 g/mol. The Balaban J connectivity index is 2.21. The highest BCUT2D eigenvalue weighted by Gasteiger charge is 2.19. The van der Waals surface area contributed by atoms with Gasteiger partial charge in [0.05, 0.1) is 0 Å². The third kappa shape index (κ3) is 1.93. The van der Waals surface area contributed by atoms with Crippen LogP contribution in [0.1, 0.15) is 25.3 Å². The number of hydrogen-bond donors (Lipinski definition) is 2. The Labute approximate surface area is 98.2 Å². The third-order valence-corrected chi connectivity index (χ3v) is 2.73. The lowest BCUT2D eigenvalue weighted by Crippen LogP contribution is -2.32. The molecule has 0 amide bonds. The van der Waals surface area contributed by atoms with Gasteiger partial charge in [0, 0.05) is 5.69 Å². The SMILES string of the molecule is CC(C)c1ccc(Nc2c(O)c(=O)c2=O)cc1. The van der Waals surface area contributed by atoms with Gasteiger partial charge in [-0.3, -0.25) is 9.59 Å². The monoisotopic (exact) mass is 231 g/mol. The van der Waals surface area contributed by atoms with Crippen LogP contribution in [0.3, 0.4) is 0 Å². The molecule has 0 fully saturated rings. The molecule has 0 aliphatic rings. The first-order valence-corrected chi connectivity index (χ1v) is 5.40. The molecule has 4 nitrogen and oxygen atoms in total. The van der Waals surface area contributed by atoms with E-state index in [0.29, 0.717) is 11.6 Å². The first-order chi connectivity index (χ1) is 8.00. The van der Waals surface area contributed by atoms with Gasteiger partial charge in [-0.15, -0.1) is 0 Å². The molecule has 88 valence electrons. The standard InChI is InChI=1S/C13H13NO3/c1-7(2)8-3-5-9(6-4-8)14-10-11(15)13(17)12(10)16/h3-7,14-15H,1-2H3. The van der Waals surface area contributed by atoms with Crippen LogP contribution in [0.4, 0.5) is 11.4 Å². The van der Waals surface area contributed by atoms with Gasteiger partial charge in [0.2, 0.25) is 0 Å². The van der Waals surface area contributed by atoms with E-state index in [1.165, 1.54) is 5.56 Å². The van der Waals surface area contributed by atoms with E-state index in [9.17, 15) is 14.7 Å². The van der Waals surface area contributed by atoms with E-state index in [1.54, 1.807) is 0 Å². The van der Waals surface area contributed by atoms with E-state index in [-0.39, 0.29) is 5.69 Å². The Hall–Kier alpha value is -2.10. The molecule has 0 saturated carbocycles. The molecule has 0 saturated heterocycles. The zero-order valence-corrected chi connectivity index (χ0v) is 9.65. The molecule has 2 N–H and O–H groups in total. The van der Waals surface area contributed by atoms with E-state index in [4.69, 9.17) is 0 Å². The number of rotatable bonds is 3. The number of aromatic hydroxyl groups is 1. The van der Waals surface area contributed by atoms with Crippen molar-refractivity contribution in [3.63, 3.8) is 0 Å². The zero-order chi connectivity index (χ0) is 12.6. The second-order valence-corrected chi connectivity index (χ2v) is 4.28. The van der Waals surface area contributed by atoms with Gasteiger partial charge >= 0.3 is 0 Å². The van der Waals surface area contributed by atoms with Gasteiger partial charge in [0.1, 0.15) is 5.69 Å². The van der Waals surface area contributed by atoms with E-state index in [2.05, 4.69) is 19.2 Å². The van der Waals surface area contributed by atoms with E-state index >= 15 is 0 Å². The van der Waals surface area contributed by atoms with Crippen LogP contribution >= 0.6 is 0 Å². The van der Waals surface area contributed by atoms with Crippen molar-refractivity contribution in [2.24, 2.45) is 0 Å². The summed E-state index contributed by atoms with van der Waals surface area (Å²) < 4.78 is 0. The summed E-state index contributed by atoms with van der Waals surface area (Å²) in [5.74, 6) is -0.0495. The average Bonchev–Trinajstić information content (AvgIpc) is 2.35. The van der Waals surface area contributed by atoms with Gasteiger partial charge in [-0.05, 0) is 23.6 Å². The lowest BCUT2D eigenvalue weighted by atomic mass is 10.0. The highest BCUT2D eigenvalue weighted by atomic mass is 16.3. The van der Waals surface area contributed by atoms with Crippen LogP contribution in [0.15, 0.2) is 33.9 Å². The van der Waals surface area contributed by atoms with Gasteiger partial charge < -0.3 is 10.4 Å². The lowest BCUT2D eigenvalue weighted by molar-refractivity contribution is 0.466. The van der Waals surface area contributed by atoms with Crippen LogP contribution in [0.2, 0.25) is 0 Å². The molecule has 2 aromatic rings. The zero-order valence-electron chi connectivity index (χ0n) is 9.65. The molecule has 0 heterocycles. The molecule has 0 unspecified atom stereocenters. The normalized spacial score (nSPS) is 11.0. The fraction of sp³-hybridized carbons (Fsp3) is 0.231. The lowest BCUT2D eigenvalue weighted by Gasteiger charge is -2.10. The number of hydrogen-bond acceptors (Lipinski definition) is 4. The van der Waals surface area contributed by atoms with Crippen LogP contribution in [0, 0.1) is 0 Å². The Morgan fingerprint density at radius 1 is 1.06 bits per heavy atom. The van der Waals surface area contributed by atoms with Crippen LogP contribution in [0.25, 0.3) is 0 Å². The van der Waals surface area contributed by atoms with Gasteiger partial charge in [-0.2, -0.15) is 0 Å². The summed E-state index contributed by atoms with van der Waals surface area (Å²) >= 11 is 0. The second-order valence-electron chi connectivity index (χ2n) is 4.28. The molecule has 0 aliphatic heterocycles. The van der Waals surface area contributed by atoms with E-state index in [1.807, 2.05) is 24.3 Å². The molecule has 0 aromatic heterocycles. The first-order valence-electron chi connectivity index (χ1n) is 5.40. The summed E-state index contributed by atoms with van der Waals surface area (Å²) in [6.07, 6.45) is 0. The van der Waals surface area contributed by atoms with Crippen LogP contribution < -0.4 is 16.2 Å². The summed E-state index contributed by atoms with van der Waals surface area (Å²) in [6, 6.07) is 7.50. The fourth-order valence-corrected chi connectivity index (χ4v) is 1.59. The summed E-state index contributed by atoms with van der Waals surface area (Å²) in [6.45, 7) is 4.18. The number of anilines is 2. The molecule has 0 bridgehead atoms. The van der Waals surface area contributed by atoms with Crippen molar-refractivity contribution in [2.45, 2.75) is 19.8 Å². The minimum atomic E-state index is -0.827. The van der Waals surface area contributed by atoms with Gasteiger partial charge in [0.25, 0.3) is 10.9 Å². The molecule has 2 rings (SSSR count). The van der Waals surface area contributed by atoms with Crippen molar-refractivity contribution >= 4 is 11.4 Å². The Bertz CT molecular complexity index is 604. The minimum absolute atomic E-state index is 0.0210. The molecule has 17 heavy (non-hydrogen) atoms. The van der Waals surface area contributed by atoms with Crippen molar-refractivity contribution < 1.29 is 5.11 Å². The van der Waals surface area contributed by atoms with Crippen LogP contribution in [0.5, 0.6) is 5.75 Å². The van der Waals surface area contributed by atoms with Crippen molar-refractivity contribution in [2.75, 3.05) is 5.32 Å².